The van der Waals surface area contributed by atoms with Crippen molar-refractivity contribution in [2.24, 2.45) is 5.41 Å². The van der Waals surface area contributed by atoms with E-state index in [-0.39, 0.29) is 23.6 Å². The van der Waals surface area contributed by atoms with E-state index in [1.807, 2.05) is 20.8 Å². The maximum Gasteiger partial charge on any atom is 0.167 e. The number of anilines is 1. The number of aliphatic hydroxyl groups excluding tert-OH is 1. The topological polar surface area (TPSA) is 41.5 Å². The fourth-order valence-corrected chi connectivity index (χ4v) is 1.28. The van der Waals surface area contributed by atoms with Crippen LogP contribution in [0.5, 0.6) is 5.75 Å². The molecule has 4 heteroatoms. The minimum Gasteiger partial charge on any atom is -0.491 e. The third-order valence-corrected chi connectivity index (χ3v) is 2.43. The van der Waals surface area contributed by atoms with Crippen LogP contribution >= 0.6 is 0 Å². The van der Waals surface area contributed by atoms with E-state index >= 15 is 0 Å². The minimum atomic E-state index is -0.376. The van der Waals surface area contributed by atoms with Crippen molar-refractivity contribution < 1.29 is 14.2 Å². The summed E-state index contributed by atoms with van der Waals surface area (Å²) in [6, 6.07) is 4.77. The van der Waals surface area contributed by atoms with Gasteiger partial charge in [0.2, 0.25) is 0 Å². The normalized spacial score (nSPS) is 11.4. The van der Waals surface area contributed by atoms with E-state index in [1.165, 1.54) is 6.07 Å². The highest BCUT2D eigenvalue weighted by molar-refractivity contribution is 5.47. The molecule has 0 saturated carbocycles. The summed E-state index contributed by atoms with van der Waals surface area (Å²) in [4.78, 5) is 0. The molecule has 0 spiro atoms. The van der Waals surface area contributed by atoms with Gasteiger partial charge >= 0.3 is 0 Å². The lowest BCUT2D eigenvalue weighted by molar-refractivity contribution is 0.171. The van der Waals surface area contributed by atoms with E-state index in [2.05, 4.69) is 5.32 Å². The fraction of sp³-hybridized carbons (Fsp3) is 0.538. The first-order valence-electron chi connectivity index (χ1n) is 5.75. The van der Waals surface area contributed by atoms with Crippen LogP contribution in [0.15, 0.2) is 18.2 Å². The summed E-state index contributed by atoms with van der Waals surface area (Å²) in [5.74, 6) is -0.113. The number of rotatable bonds is 6. The first-order valence-corrected chi connectivity index (χ1v) is 5.75. The van der Waals surface area contributed by atoms with Crippen LogP contribution in [0.25, 0.3) is 0 Å². The first-order chi connectivity index (χ1) is 7.98. The van der Waals surface area contributed by atoms with E-state index < -0.39 is 0 Å². The Morgan fingerprint density at radius 1 is 1.41 bits per heavy atom. The molecule has 0 aliphatic carbocycles. The molecule has 96 valence electrons. The molecule has 0 amide bonds. The quantitative estimate of drug-likeness (QED) is 0.804. The van der Waals surface area contributed by atoms with E-state index in [4.69, 9.17) is 9.84 Å². The number of nitrogens with one attached hydrogen (secondary N) is 1. The monoisotopic (exact) mass is 241 g/mol. The smallest absolute Gasteiger partial charge is 0.167 e. The zero-order valence-corrected chi connectivity index (χ0v) is 10.6. The molecule has 0 aliphatic rings. The van der Waals surface area contributed by atoms with Crippen LogP contribution in [-0.4, -0.2) is 24.9 Å². The van der Waals surface area contributed by atoms with Gasteiger partial charge in [-0.2, -0.15) is 0 Å². The van der Waals surface area contributed by atoms with Gasteiger partial charge in [-0.3, -0.25) is 0 Å². The van der Waals surface area contributed by atoms with Crippen molar-refractivity contribution in [1.29, 1.82) is 0 Å². The Hall–Kier alpha value is -1.29. The molecule has 1 aromatic rings. The Labute approximate surface area is 102 Å². The lowest BCUT2D eigenvalue weighted by Gasteiger charge is -2.22. The molecule has 0 aliphatic heterocycles. The van der Waals surface area contributed by atoms with Crippen molar-refractivity contribution in [2.45, 2.75) is 20.8 Å². The number of halogens is 1. The van der Waals surface area contributed by atoms with Gasteiger partial charge in [-0.05, 0) is 19.1 Å². The second-order valence-electron chi connectivity index (χ2n) is 4.75. The standard InChI is InChI=1S/C13H20FNO2/c1-4-17-12-6-5-10(7-11(12)14)15-8-13(2,3)9-16/h5-7,15-16H,4,8-9H2,1-3H3. The van der Waals surface area contributed by atoms with Gasteiger partial charge in [0.05, 0.1) is 6.61 Å². The van der Waals surface area contributed by atoms with Crippen molar-refractivity contribution in [3.63, 3.8) is 0 Å². The number of ether oxygens (including phenoxy) is 1. The summed E-state index contributed by atoms with van der Waals surface area (Å²) in [7, 11) is 0. The van der Waals surface area contributed by atoms with Gasteiger partial charge in [0.25, 0.3) is 0 Å². The van der Waals surface area contributed by atoms with Crippen molar-refractivity contribution in [3.8, 4) is 5.75 Å². The Kier molecular flexibility index (Phi) is 4.75. The third kappa shape index (κ3) is 4.23. The first kappa shape index (κ1) is 13.8. The molecule has 1 aromatic carbocycles. The summed E-state index contributed by atoms with van der Waals surface area (Å²) in [5.41, 5.74) is 0.460. The van der Waals surface area contributed by atoms with Crippen molar-refractivity contribution in [3.05, 3.63) is 24.0 Å². The molecule has 17 heavy (non-hydrogen) atoms. The summed E-state index contributed by atoms with van der Waals surface area (Å²) in [6.45, 7) is 6.79. The van der Waals surface area contributed by atoms with Crippen molar-refractivity contribution in [1.82, 2.24) is 0 Å². The zero-order chi connectivity index (χ0) is 12.9. The van der Waals surface area contributed by atoms with E-state index in [9.17, 15) is 4.39 Å². The van der Waals surface area contributed by atoms with Crippen LogP contribution in [-0.2, 0) is 0 Å². The molecule has 1 rings (SSSR count). The van der Waals surface area contributed by atoms with Gasteiger partial charge in [0.1, 0.15) is 0 Å². The highest BCUT2D eigenvalue weighted by Crippen LogP contribution is 2.22. The lowest BCUT2D eigenvalue weighted by atomic mass is 9.95. The SMILES string of the molecule is CCOc1ccc(NCC(C)(C)CO)cc1F. The molecule has 0 radical (unpaired) electrons. The molecule has 0 saturated heterocycles. The predicted octanol–water partition coefficient (Wildman–Crippen LogP) is 2.65. The Morgan fingerprint density at radius 3 is 2.65 bits per heavy atom. The van der Waals surface area contributed by atoms with Crippen LogP contribution in [0.2, 0.25) is 0 Å². The fourth-order valence-electron chi connectivity index (χ4n) is 1.28. The predicted molar refractivity (Wildman–Crippen MR) is 66.9 cm³/mol. The average molecular weight is 241 g/mol. The molecule has 2 N–H and O–H groups in total. The maximum atomic E-state index is 13.5. The number of hydrogen-bond acceptors (Lipinski definition) is 3. The number of hydrogen-bond donors (Lipinski definition) is 2. The second kappa shape index (κ2) is 5.87. The van der Waals surface area contributed by atoms with Crippen molar-refractivity contribution in [2.75, 3.05) is 25.1 Å². The summed E-state index contributed by atoms with van der Waals surface area (Å²) >= 11 is 0. The van der Waals surface area contributed by atoms with Crippen LogP contribution in [0.1, 0.15) is 20.8 Å². The van der Waals surface area contributed by atoms with Gasteiger partial charge in [0, 0.05) is 30.3 Å². The largest absolute Gasteiger partial charge is 0.491 e. The summed E-state index contributed by atoms with van der Waals surface area (Å²) in [6.07, 6.45) is 0. The van der Waals surface area contributed by atoms with Crippen LogP contribution in [0.4, 0.5) is 10.1 Å². The average Bonchev–Trinajstić information content (AvgIpc) is 2.30. The Morgan fingerprint density at radius 2 is 2.12 bits per heavy atom. The van der Waals surface area contributed by atoms with Gasteiger partial charge < -0.3 is 15.2 Å². The van der Waals surface area contributed by atoms with Crippen LogP contribution in [0.3, 0.4) is 0 Å². The lowest BCUT2D eigenvalue weighted by Crippen LogP contribution is -2.26. The summed E-state index contributed by atoms with van der Waals surface area (Å²) in [5, 5.41) is 12.2. The molecular weight excluding hydrogens is 221 g/mol. The summed E-state index contributed by atoms with van der Waals surface area (Å²) < 4.78 is 18.6. The molecule has 0 fully saturated rings. The molecular formula is C13H20FNO2. The molecule has 0 unspecified atom stereocenters. The van der Waals surface area contributed by atoms with E-state index in [1.54, 1.807) is 12.1 Å². The maximum absolute atomic E-state index is 13.5. The van der Waals surface area contributed by atoms with Gasteiger partial charge in [-0.1, -0.05) is 13.8 Å². The molecule has 0 bridgehead atoms. The molecule has 3 nitrogen and oxygen atoms in total. The molecule has 0 atom stereocenters. The van der Waals surface area contributed by atoms with Crippen molar-refractivity contribution >= 4 is 5.69 Å². The Balaban J connectivity index is 2.64. The van der Waals surface area contributed by atoms with Gasteiger partial charge in [-0.15, -0.1) is 0 Å². The molecule has 0 heterocycles. The Bertz CT molecular complexity index is 366. The highest BCUT2D eigenvalue weighted by Gasteiger charge is 2.16. The molecule has 0 aromatic heterocycles. The number of aliphatic hydroxyl groups is 1. The van der Waals surface area contributed by atoms with Gasteiger partial charge in [-0.25, -0.2) is 4.39 Å². The zero-order valence-electron chi connectivity index (χ0n) is 10.6. The van der Waals surface area contributed by atoms with Gasteiger partial charge in [0.15, 0.2) is 11.6 Å². The third-order valence-electron chi connectivity index (χ3n) is 2.43. The second-order valence-corrected chi connectivity index (χ2v) is 4.75. The highest BCUT2D eigenvalue weighted by atomic mass is 19.1. The minimum absolute atomic E-state index is 0.0828. The van der Waals surface area contributed by atoms with E-state index in [0.717, 1.165) is 0 Å². The number of benzene rings is 1. The van der Waals surface area contributed by atoms with E-state index in [0.29, 0.717) is 18.8 Å². The van der Waals surface area contributed by atoms with Crippen LogP contribution in [0, 0.1) is 11.2 Å². The van der Waals surface area contributed by atoms with Crippen LogP contribution < -0.4 is 10.1 Å².